The number of rotatable bonds is 7. The molecule has 3 aromatic rings. The van der Waals surface area contributed by atoms with E-state index in [4.69, 9.17) is 16.0 Å². The molecule has 0 aliphatic rings. The van der Waals surface area contributed by atoms with Gasteiger partial charge in [0.1, 0.15) is 11.9 Å². The summed E-state index contributed by atoms with van der Waals surface area (Å²) in [6.07, 6.45) is -8.31. The summed E-state index contributed by atoms with van der Waals surface area (Å²) in [6.45, 7) is 4.77. The maximum Gasteiger partial charge on any atom is 0.434 e. The molecule has 9 nitrogen and oxygen atoms in total. The number of aliphatic hydroxyl groups is 1. The second-order valence-electron chi connectivity index (χ2n) is 7.70. The van der Waals surface area contributed by atoms with Crippen LogP contribution in [0.15, 0.2) is 38.5 Å². The van der Waals surface area contributed by atoms with E-state index in [1.54, 1.807) is 13.8 Å². The Kier molecular flexibility index (Phi) is 7.41. The summed E-state index contributed by atoms with van der Waals surface area (Å²) in [5, 5.41) is 13.6. The Morgan fingerprint density at radius 2 is 1.86 bits per heavy atom. The minimum absolute atomic E-state index is 0.0978. The van der Waals surface area contributed by atoms with Crippen molar-refractivity contribution in [2.24, 2.45) is 0 Å². The SMILES string of the molecule is Cc1ccc(F)c([C@@H](C)[C@H](NS(=O)(=O)c2ccc(Cl)c(C(O)C(F)(F)F)n2)c2n[nH]c(=O)o2)c1C. The fraction of sp³-hybridized carbons (Fsp3) is 0.350. The van der Waals surface area contributed by atoms with E-state index in [-0.39, 0.29) is 5.56 Å². The summed E-state index contributed by atoms with van der Waals surface area (Å²) >= 11 is 5.69. The van der Waals surface area contributed by atoms with Crippen LogP contribution in [0.5, 0.6) is 0 Å². The van der Waals surface area contributed by atoms with Crippen molar-refractivity contribution in [3.63, 3.8) is 0 Å². The molecular formula is C20H19ClF4N4O5S. The fourth-order valence-electron chi connectivity index (χ4n) is 3.43. The Morgan fingerprint density at radius 1 is 1.20 bits per heavy atom. The Hall–Kier alpha value is -2.81. The van der Waals surface area contributed by atoms with Gasteiger partial charge in [0.25, 0.3) is 10.0 Å². The lowest BCUT2D eigenvalue weighted by molar-refractivity contribution is -0.208. The number of pyridine rings is 1. The molecule has 0 saturated carbocycles. The first-order chi connectivity index (χ1) is 16.1. The molecule has 0 aliphatic heterocycles. The number of aryl methyl sites for hydroxylation is 1. The highest BCUT2D eigenvalue weighted by atomic mass is 35.5. The Morgan fingerprint density at radius 3 is 2.43 bits per heavy atom. The van der Waals surface area contributed by atoms with Crippen LogP contribution in [0.2, 0.25) is 5.02 Å². The van der Waals surface area contributed by atoms with Crippen molar-refractivity contribution in [1.82, 2.24) is 19.9 Å². The molecule has 0 radical (unpaired) electrons. The number of aromatic amines is 1. The summed E-state index contributed by atoms with van der Waals surface area (Å²) in [4.78, 5) is 14.9. The van der Waals surface area contributed by atoms with Crippen LogP contribution in [0.4, 0.5) is 17.6 Å². The minimum atomic E-state index is -5.16. The molecule has 3 N–H and O–H groups in total. The highest BCUT2D eigenvalue weighted by Crippen LogP contribution is 2.37. The van der Waals surface area contributed by atoms with E-state index < -0.39 is 67.5 Å². The van der Waals surface area contributed by atoms with Gasteiger partial charge in [-0.05, 0) is 48.7 Å². The highest BCUT2D eigenvalue weighted by molar-refractivity contribution is 7.89. The van der Waals surface area contributed by atoms with Crippen LogP contribution in [-0.2, 0) is 10.0 Å². The van der Waals surface area contributed by atoms with Gasteiger partial charge >= 0.3 is 11.9 Å². The summed E-state index contributed by atoms with van der Waals surface area (Å²) in [5.41, 5.74) is 0.169. The van der Waals surface area contributed by atoms with E-state index in [2.05, 4.69) is 14.8 Å². The first-order valence-corrected chi connectivity index (χ1v) is 11.7. The van der Waals surface area contributed by atoms with Crippen molar-refractivity contribution in [3.8, 4) is 0 Å². The molecular weight excluding hydrogens is 520 g/mol. The van der Waals surface area contributed by atoms with Gasteiger partial charge in [-0.3, -0.25) is 0 Å². The maximum absolute atomic E-state index is 14.8. The summed E-state index contributed by atoms with van der Waals surface area (Å²) in [7, 11) is -4.74. The van der Waals surface area contributed by atoms with E-state index in [0.717, 1.165) is 12.1 Å². The maximum atomic E-state index is 14.8. The van der Waals surface area contributed by atoms with Gasteiger partial charge in [0.15, 0.2) is 11.1 Å². The van der Waals surface area contributed by atoms with Crippen LogP contribution in [0, 0.1) is 19.7 Å². The van der Waals surface area contributed by atoms with Crippen molar-refractivity contribution in [2.75, 3.05) is 0 Å². The second kappa shape index (κ2) is 9.68. The molecule has 0 spiro atoms. The van der Waals surface area contributed by atoms with Gasteiger partial charge in [0.2, 0.25) is 5.89 Å². The van der Waals surface area contributed by atoms with Crippen LogP contribution >= 0.6 is 11.6 Å². The van der Waals surface area contributed by atoms with Gasteiger partial charge in [-0.1, -0.05) is 24.6 Å². The first-order valence-electron chi connectivity index (χ1n) is 9.88. The number of hydrogen-bond donors (Lipinski definition) is 3. The normalized spacial score (nSPS) is 15.1. The molecule has 1 unspecified atom stereocenters. The lowest BCUT2D eigenvalue weighted by Crippen LogP contribution is -2.34. The third-order valence-corrected chi connectivity index (χ3v) is 7.04. The van der Waals surface area contributed by atoms with E-state index in [9.17, 15) is 35.9 Å². The molecule has 2 heterocycles. The number of nitrogens with zero attached hydrogens (tertiary/aromatic N) is 2. The van der Waals surface area contributed by atoms with Crippen molar-refractivity contribution in [3.05, 3.63) is 73.9 Å². The molecule has 3 atom stereocenters. The zero-order valence-corrected chi connectivity index (χ0v) is 19.9. The van der Waals surface area contributed by atoms with Gasteiger partial charge in [0.05, 0.1) is 10.7 Å². The standard InChI is InChI=1S/C20H19ClF4N4O5S/c1-8-4-6-12(22)14(9(8)2)10(3)15(18-27-28-19(31)34-18)29-35(32,33)13-7-5-11(21)16(26-13)17(30)20(23,24)25/h4-7,10,15,17,29-30H,1-3H3,(H,28,31)/t10-,15+,17?/m1/s1. The molecule has 1 aromatic carbocycles. The minimum Gasteiger partial charge on any atom is -0.391 e. The lowest BCUT2D eigenvalue weighted by Gasteiger charge is -2.25. The predicted molar refractivity (Wildman–Crippen MR) is 115 cm³/mol. The van der Waals surface area contributed by atoms with Gasteiger partial charge in [-0.25, -0.2) is 27.7 Å². The van der Waals surface area contributed by atoms with Crippen LogP contribution in [0.3, 0.4) is 0 Å². The van der Waals surface area contributed by atoms with Crippen LogP contribution in [0.1, 0.15) is 53.3 Å². The molecule has 0 saturated heterocycles. The first kappa shape index (κ1) is 26.8. The number of alkyl halides is 3. The lowest BCUT2D eigenvalue weighted by atomic mass is 9.88. The average molecular weight is 539 g/mol. The van der Waals surface area contributed by atoms with E-state index in [1.807, 2.05) is 5.10 Å². The Bertz CT molecular complexity index is 1410. The zero-order valence-electron chi connectivity index (χ0n) is 18.3. The summed E-state index contributed by atoms with van der Waals surface area (Å²) in [5.74, 6) is -3.14. The highest BCUT2D eigenvalue weighted by Gasteiger charge is 2.42. The fourth-order valence-corrected chi connectivity index (χ4v) is 4.87. The number of halogens is 5. The summed E-state index contributed by atoms with van der Waals surface area (Å²) < 4.78 is 86.9. The zero-order chi connectivity index (χ0) is 26.3. The van der Waals surface area contributed by atoms with Crippen molar-refractivity contribution < 1.29 is 35.5 Å². The Balaban J connectivity index is 2.09. The van der Waals surface area contributed by atoms with Crippen molar-refractivity contribution in [1.29, 1.82) is 0 Å². The molecule has 0 aliphatic carbocycles. The molecule has 15 heteroatoms. The third kappa shape index (κ3) is 5.55. The predicted octanol–water partition coefficient (Wildman–Crippen LogP) is 3.59. The van der Waals surface area contributed by atoms with E-state index in [1.165, 1.54) is 19.1 Å². The van der Waals surface area contributed by atoms with Gasteiger partial charge in [0, 0.05) is 5.92 Å². The number of nitrogens with one attached hydrogen (secondary N) is 2. The molecule has 0 amide bonds. The van der Waals surface area contributed by atoms with Gasteiger partial charge in [-0.2, -0.15) is 17.9 Å². The second-order valence-corrected chi connectivity index (χ2v) is 9.77. The van der Waals surface area contributed by atoms with Gasteiger partial charge in [-0.15, -0.1) is 5.10 Å². The molecule has 35 heavy (non-hydrogen) atoms. The van der Waals surface area contributed by atoms with Crippen molar-refractivity contribution in [2.45, 2.75) is 50.0 Å². The van der Waals surface area contributed by atoms with Crippen LogP contribution in [-0.4, -0.2) is 34.9 Å². The third-order valence-electron chi connectivity index (χ3n) is 5.38. The van der Waals surface area contributed by atoms with E-state index in [0.29, 0.717) is 11.1 Å². The monoisotopic (exact) mass is 538 g/mol. The number of benzene rings is 1. The number of aliphatic hydroxyl groups excluding tert-OH is 1. The van der Waals surface area contributed by atoms with E-state index >= 15 is 0 Å². The summed E-state index contributed by atoms with van der Waals surface area (Å²) in [6, 6.07) is 2.87. The van der Waals surface area contributed by atoms with Crippen molar-refractivity contribution >= 4 is 21.6 Å². The Labute approximate surface area is 201 Å². The number of sulfonamides is 1. The topological polar surface area (TPSA) is 138 Å². The molecule has 3 rings (SSSR count). The number of aromatic nitrogens is 3. The molecule has 0 fully saturated rings. The smallest absolute Gasteiger partial charge is 0.391 e. The molecule has 190 valence electrons. The number of hydrogen-bond acceptors (Lipinski definition) is 7. The largest absolute Gasteiger partial charge is 0.434 e. The quantitative estimate of drug-likeness (QED) is 0.391. The number of H-pyrrole nitrogens is 1. The molecule has 0 bridgehead atoms. The average Bonchev–Trinajstić information content (AvgIpc) is 3.20. The van der Waals surface area contributed by atoms with Gasteiger partial charge < -0.3 is 9.52 Å². The van der Waals surface area contributed by atoms with Crippen LogP contribution in [0.25, 0.3) is 0 Å². The van der Waals surface area contributed by atoms with Crippen LogP contribution < -0.4 is 10.5 Å². The molecule has 2 aromatic heterocycles.